The average Bonchev–Trinajstić information content (AvgIpc) is 3.93. The van der Waals surface area contributed by atoms with E-state index in [1.807, 2.05) is 0 Å². The minimum absolute atomic E-state index is 0.0142. The molecule has 8 atom stereocenters. The Hall–Kier alpha value is -7.35. The highest BCUT2D eigenvalue weighted by molar-refractivity contribution is 5.99. The van der Waals surface area contributed by atoms with Gasteiger partial charge in [0, 0.05) is 25.2 Å². The first-order valence-corrected chi connectivity index (χ1v) is 26.8. The maximum Gasteiger partial charge on any atom is 0.352 e. The highest BCUT2D eigenvalue weighted by Gasteiger charge is 2.40. The summed E-state index contributed by atoms with van der Waals surface area (Å²) in [5.41, 5.74) is 50.8. The number of carboxylic acid groups (broad SMARTS) is 1. The van der Waals surface area contributed by atoms with E-state index in [4.69, 9.17) is 51.6 Å². The number of aliphatic hydroxyl groups excluding tert-OH is 1. The summed E-state index contributed by atoms with van der Waals surface area (Å²) >= 11 is 0. The zero-order valence-corrected chi connectivity index (χ0v) is 45.3. The van der Waals surface area contributed by atoms with E-state index >= 15 is 0 Å². The molecule has 1 heterocycles. The van der Waals surface area contributed by atoms with Gasteiger partial charge in [0.05, 0.1) is 18.7 Å². The molecule has 1 aromatic carbocycles. The van der Waals surface area contributed by atoms with Crippen molar-refractivity contribution in [2.24, 2.45) is 56.6 Å². The summed E-state index contributed by atoms with van der Waals surface area (Å²) in [7, 11) is 0. The van der Waals surface area contributed by atoms with Crippen molar-refractivity contribution in [3.8, 4) is 0 Å². The summed E-state index contributed by atoms with van der Waals surface area (Å²) in [6.07, 6.45) is 2.80. The van der Waals surface area contributed by atoms with Crippen LogP contribution in [0.25, 0.3) is 0 Å². The van der Waals surface area contributed by atoms with Crippen LogP contribution in [0.4, 0.5) is 0 Å². The Bertz CT molecular complexity index is 2280. The maximum absolute atomic E-state index is 14.4. The van der Waals surface area contributed by atoms with E-state index in [-0.39, 0.29) is 108 Å². The second-order valence-electron chi connectivity index (χ2n) is 19.1. The van der Waals surface area contributed by atoms with Gasteiger partial charge in [0.25, 0.3) is 0 Å². The number of nitrogens with one attached hydrogen (secondary N) is 7. The molecular formula is C50H86N18O12. The van der Waals surface area contributed by atoms with Crippen molar-refractivity contribution in [2.75, 3.05) is 52.4 Å². The zero-order valence-electron chi connectivity index (χ0n) is 45.3. The van der Waals surface area contributed by atoms with Crippen molar-refractivity contribution in [1.82, 2.24) is 42.1 Å². The van der Waals surface area contributed by atoms with Gasteiger partial charge in [-0.1, -0.05) is 24.6 Å². The van der Waals surface area contributed by atoms with Crippen LogP contribution in [-0.4, -0.2) is 181 Å². The van der Waals surface area contributed by atoms with Gasteiger partial charge in [-0.25, -0.2) is 4.79 Å². The van der Waals surface area contributed by atoms with Gasteiger partial charge in [-0.2, -0.15) is 0 Å². The average molecular weight is 1130 g/mol. The highest BCUT2D eigenvalue weighted by Crippen LogP contribution is 2.21. The molecule has 1 fully saturated rings. The number of nitrogens with zero attached hydrogens (tertiary/aromatic N) is 2. The number of aliphatic imine (C=N–C) groups is 1. The number of aryl methyl sites for hydroxylation is 1. The minimum atomic E-state index is -1.60. The Labute approximate surface area is 465 Å². The van der Waals surface area contributed by atoms with E-state index in [9.17, 15) is 58.2 Å². The molecule has 1 aliphatic heterocycles. The minimum Gasteiger partial charge on any atom is -0.477 e. The fourth-order valence-electron chi connectivity index (χ4n) is 8.42. The molecule has 0 bridgehead atoms. The van der Waals surface area contributed by atoms with Crippen LogP contribution in [0.2, 0.25) is 0 Å². The molecule has 80 heavy (non-hydrogen) atoms. The summed E-state index contributed by atoms with van der Waals surface area (Å²) < 4.78 is 0. The largest absolute Gasteiger partial charge is 0.477 e. The predicted octanol–water partition coefficient (Wildman–Crippen LogP) is -6.62. The smallest absolute Gasteiger partial charge is 0.352 e. The lowest BCUT2D eigenvalue weighted by Gasteiger charge is -2.30. The standard InChI is InChI=1S/C50H86N18O12/c51-20-3-1-12-31(56)42(72)67-40(38(69)27-55)47(77)65-32(14-6-22-53)43(73)61-28-39(70)62-35(15-7-23-54)48(78)68-25-9-17-37(68)46(76)64-34(19-18-29-10-5-11-30(26-29)41(57)71)45(75)63-33(13-2-4-21-52)44(74)66-36(49(79)80)16-8-24-60-50(58)59/h5,10-11,16,26,31-35,37-38,40,69H,1-4,6-9,12-15,17-25,27-28,51-56H2,(H2,57,71)(H,61,73)(H,62,70)(H,63,75)(H,64,76)(H,65,77)(H,66,74)(H,67,72)(H,79,80)(H4,58,59,60)/b36-16-/t31-,32-,33-,34-,35+,37-,38-,40-/m0/s1. The number of carbonyl (C=O) groups excluding carboxylic acids is 9. The monoisotopic (exact) mass is 1130 g/mol. The molecule has 27 N–H and O–H groups in total. The molecule has 448 valence electrons. The Morgan fingerprint density at radius 1 is 0.688 bits per heavy atom. The lowest BCUT2D eigenvalue weighted by atomic mass is 10.0. The van der Waals surface area contributed by atoms with Gasteiger partial charge >= 0.3 is 5.97 Å². The number of likely N-dealkylation sites (tertiary alicyclic amines) is 1. The van der Waals surface area contributed by atoms with Crippen LogP contribution in [0, 0.1) is 0 Å². The molecule has 0 spiro atoms. The Kier molecular flexibility index (Phi) is 32.2. The molecule has 2 rings (SSSR count). The lowest BCUT2D eigenvalue weighted by molar-refractivity contribution is -0.142. The Balaban J connectivity index is 2.36. The normalized spacial score (nSPS) is 15.8. The van der Waals surface area contributed by atoms with Crippen molar-refractivity contribution in [1.29, 1.82) is 0 Å². The van der Waals surface area contributed by atoms with Gasteiger partial charge in [0.2, 0.25) is 53.2 Å². The fraction of sp³-hybridized carbons (Fsp3) is 0.620. The molecule has 30 heteroatoms. The van der Waals surface area contributed by atoms with Crippen LogP contribution in [0.15, 0.2) is 41.0 Å². The number of amides is 9. The highest BCUT2D eigenvalue weighted by atomic mass is 16.4. The predicted molar refractivity (Wildman–Crippen MR) is 295 cm³/mol. The van der Waals surface area contributed by atoms with E-state index in [1.54, 1.807) is 12.1 Å². The molecule has 9 amide bonds. The van der Waals surface area contributed by atoms with Gasteiger partial charge in [0.1, 0.15) is 41.9 Å². The molecular weight excluding hydrogens is 1040 g/mol. The number of guanidine groups is 1. The van der Waals surface area contributed by atoms with Gasteiger partial charge in [-0.3, -0.25) is 48.1 Å². The van der Waals surface area contributed by atoms with Crippen LogP contribution in [0.5, 0.6) is 0 Å². The third kappa shape index (κ3) is 24.8. The van der Waals surface area contributed by atoms with Crippen molar-refractivity contribution in [2.45, 2.75) is 145 Å². The first-order valence-electron chi connectivity index (χ1n) is 26.8. The summed E-state index contributed by atoms with van der Waals surface area (Å²) in [6, 6.07) is -2.79. The molecule has 30 nitrogen and oxygen atoms in total. The van der Waals surface area contributed by atoms with Crippen LogP contribution in [-0.2, 0) is 49.6 Å². The number of hydrogen-bond donors (Lipinski definition) is 18. The molecule has 1 aliphatic rings. The third-order valence-corrected chi connectivity index (χ3v) is 12.8. The number of hydrogen-bond acceptors (Lipinski definition) is 18. The van der Waals surface area contributed by atoms with E-state index in [2.05, 4.69) is 42.2 Å². The third-order valence-electron chi connectivity index (χ3n) is 12.8. The number of unbranched alkanes of at least 4 members (excludes halogenated alkanes) is 2. The van der Waals surface area contributed by atoms with E-state index < -0.39 is 126 Å². The van der Waals surface area contributed by atoms with E-state index in [0.717, 1.165) is 0 Å². The molecule has 0 unspecified atom stereocenters. The molecule has 0 radical (unpaired) electrons. The van der Waals surface area contributed by atoms with Crippen molar-refractivity contribution >= 4 is 65.1 Å². The number of carboxylic acids is 1. The zero-order chi connectivity index (χ0) is 59.7. The molecule has 1 saturated heterocycles. The Morgan fingerprint density at radius 3 is 1.90 bits per heavy atom. The van der Waals surface area contributed by atoms with Crippen molar-refractivity contribution < 1.29 is 58.2 Å². The first kappa shape index (κ1) is 68.8. The summed E-state index contributed by atoms with van der Waals surface area (Å²) in [6.45, 7) is -0.186. The number of benzene rings is 1. The molecule has 0 saturated carbocycles. The van der Waals surface area contributed by atoms with Gasteiger partial charge in [-0.05, 0) is 134 Å². The molecule has 0 aromatic heterocycles. The number of primary amides is 1. The topological polar surface area (TPSA) is 545 Å². The second kappa shape index (κ2) is 37.5. The van der Waals surface area contributed by atoms with Gasteiger partial charge < -0.3 is 104 Å². The fourth-order valence-corrected chi connectivity index (χ4v) is 8.42. The Morgan fingerprint density at radius 2 is 1.29 bits per heavy atom. The number of aliphatic hydroxyl groups is 1. The summed E-state index contributed by atoms with van der Waals surface area (Å²) in [4.78, 5) is 139. The van der Waals surface area contributed by atoms with Crippen LogP contribution in [0.3, 0.4) is 0 Å². The number of nitrogens with two attached hydrogens (primary N) is 9. The molecule has 1 aromatic rings. The van der Waals surface area contributed by atoms with Crippen molar-refractivity contribution in [3.05, 3.63) is 47.2 Å². The summed E-state index contributed by atoms with van der Waals surface area (Å²) in [5.74, 6) is -8.92. The number of rotatable bonds is 39. The SMILES string of the molecule is NCCCC[C@H](NC(=O)[C@H](CCc1cccc(C(N)=O)c1)NC(=O)[C@@H]1CCCN1C(=O)[C@@H](CCCN)NC(=O)CNC(=O)[C@H](CCCN)NC(=O)[C@@H](NC(=O)[C@@H](N)CCCCN)[C@@H](O)CN)C(=O)N/C(=C\CCN=C(N)N)C(=O)O. The quantitative estimate of drug-likeness (QED) is 0.0126. The first-order chi connectivity index (χ1) is 38.1. The second-order valence-corrected chi connectivity index (χ2v) is 19.1. The number of aliphatic carboxylic acids is 1. The summed E-state index contributed by atoms with van der Waals surface area (Å²) in [5, 5.41) is 38.1. The molecule has 0 aliphatic carbocycles. The van der Waals surface area contributed by atoms with Gasteiger partial charge in [-0.15, -0.1) is 0 Å². The number of carbonyl (C=O) groups is 10. The van der Waals surface area contributed by atoms with Crippen LogP contribution >= 0.6 is 0 Å². The van der Waals surface area contributed by atoms with Crippen molar-refractivity contribution in [3.63, 3.8) is 0 Å². The maximum atomic E-state index is 14.4. The lowest BCUT2D eigenvalue weighted by Crippen LogP contribution is -2.61. The van der Waals surface area contributed by atoms with Crippen LogP contribution in [0.1, 0.15) is 106 Å². The van der Waals surface area contributed by atoms with E-state index in [0.29, 0.717) is 44.2 Å². The van der Waals surface area contributed by atoms with E-state index in [1.165, 1.54) is 23.1 Å². The van der Waals surface area contributed by atoms with Gasteiger partial charge in [0.15, 0.2) is 5.96 Å². The van der Waals surface area contributed by atoms with Crippen LogP contribution < -0.4 is 88.8 Å².